The molecule has 0 aromatic heterocycles. The molecule has 2 aromatic rings. The number of carbonyl (C=O) groups is 1. The summed E-state index contributed by atoms with van der Waals surface area (Å²) < 4.78 is 11.2. The second-order valence-electron chi connectivity index (χ2n) is 6.67. The van der Waals surface area contributed by atoms with Gasteiger partial charge >= 0.3 is 0 Å². The highest BCUT2D eigenvalue weighted by atomic mass is 16.6. The molecule has 0 bridgehead atoms. The molecule has 5 heteroatoms. The molecular weight excluding hydrogens is 340 g/mol. The van der Waals surface area contributed by atoms with Crippen molar-refractivity contribution in [2.45, 2.75) is 32.9 Å². The Labute approximate surface area is 161 Å². The normalized spacial score (nSPS) is 15.3. The van der Waals surface area contributed by atoms with E-state index in [4.69, 9.17) is 9.47 Å². The lowest BCUT2D eigenvalue weighted by atomic mass is 10.0. The van der Waals surface area contributed by atoms with Crippen molar-refractivity contribution < 1.29 is 14.3 Å². The van der Waals surface area contributed by atoms with E-state index < -0.39 is 0 Å². The molecule has 3 rings (SSSR count). The first-order chi connectivity index (χ1) is 13.1. The van der Waals surface area contributed by atoms with Gasteiger partial charge in [-0.15, -0.1) is 0 Å². The maximum atomic E-state index is 13.2. The monoisotopic (exact) mass is 368 g/mol. The van der Waals surface area contributed by atoms with Crippen LogP contribution in [0.2, 0.25) is 0 Å². The highest BCUT2D eigenvalue weighted by Gasteiger charge is 2.27. The summed E-state index contributed by atoms with van der Waals surface area (Å²) in [7, 11) is 0. The fourth-order valence-electron chi connectivity index (χ4n) is 3.46. The van der Waals surface area contributed by atoms with Crippen molar-refractivity contribution in [2.75, 3.05) is 26.3 Å². The van der Waals surface area contributed by atoms with Crippen LogP contribution >= 0.6 is 0 Å². The van der Waals surface area contributed by atoms with Crippen LogP contribution in [-0.4, -0.2) is 37.1 Å². The quantitative estimate of drug-likeness (QED) is 0.809. The third-order valence-electron chi connectivity index (χ3n) is 4.97. The van der Waals surface area contributed by atoms with Gasteiger partial charge in [0, 0.05) is 0 Å². The standard InChI is InChI=1S/C22H28N2O3/c1-4-24(5-2)21(17-9-7-6-8-10-17)22(25)23-16(3)18-11-12-19-20(15-18)27-14-13-26-19/h6-12,15-16,21H,4-5,13-14H2,1-3H3,(H,23,25). The second-order valence-corrected chi connectivity index (χ2v) is 6.67. The van der Waals surface area contributed by atoms with Gasteiger partial charge in [0.2, 0.25) is 5.91 Å². The van der Waals surface area contributed by atoms with Gasteiger partial charge in [0.05, 0.1) is 6.04 Å². The number of hydrogen-bond acceptors (Lipinski definition) is 4. The molecular formula is C22H28N2O3. The number of benzene rings is 2. The predicted molar refractivity (Wildman–Crippen MR) is 106 cm³/mol. The first-order valence-electron chi connectivity index (χ1n) is 9.63. The zero-order valence-corrected chi connectivity index (χ0v) is 16.3. The molecule has 1 aliphatic rings. The smallest absolute Gasteiger partial charge is 0.242 e. The predicted octanol–water partition coefficient (Wildman–Crippen LogP) is 3.72. The van der Waals surface area contributed by atoms with Gasteiger partial charge in [-0.3, -0.25) is 9.69 Å². The Morgan fingerprint density at radius 2 is 1.67 bits per heavy atom. The van der Waals surface area contributed by atoms with Gasteiger partial charge < -0.3 is 14.8 Å². The number of amides is 1. The minimum Gasteiger partial charge on any atom is -0.486 e. The van der Waals surface area contributed by atoms with Crippen LogP contribution in [0.4, 0.5) is 0 Å². The molecule has 0 spiro atoms. The van der Waals surface area contributed by atoms with Gasteiger partial charge in [-0.05, 0) is 43.3 Å². The first-order valence-corrected chi connectivity index (χ1v) is 9.63. The number of rotatable bonds is 7. The molecule has 144 valence electrons. The summed E-state index contributed by atoms with van der Waals surface area (Å²) >= 11 is 0. The van der Waals surface area contributed by atoms with Crippen LogP contribution in [0.25, 0.3) is 0 Å². The Morgan fingerprint density at radius 1 is 1.00 bits per heavy atom. The fourth-order valence-corrected chi connectivity index (χ4v) is 3.46. The van der Waals surface area contributed by atoms with Gasteiger partial charge in [-0.1, -0.05) is 50.2 Å². The summed E-state index contributed by atoms with van der Waals surface area (Å²) in [5, 5.41) is 3.17. The minimum atomic E-state index is -0.305. The van der Waals surface area contributed by atoms with Crippen LogP contribution in [0.3, 0.4) is 0 Å². The Hall–Kier alpha value is -2.53. The number of nitrogens with zero attached hydrogens (tertiary/aromatic N) is 1. The molecule has 5 nitrogen and oxygen atoms in total. The lowest BCUT2D eigenvalue weighted by molar-refractivity contribution is -0.127. The molecule has 2 unspecified atom stereocenters. The van der Waals surface area contributed by atoms with E-state index >= 15 is 0 Å². The summed E-state index contributed by atoms with van der Waals surface area (Å²) in [5.74, 6) is 1.50. The van der Waals surface area contributed by atoms with Crippen molar-refractivity contribution in [3.05, 3.63) is 59.7 Å². The number of nitrogens with one attached hydrogen (secondary N) is 1. The summed E-state index contributed by atoms with van der Waals surface area (Å²) in [6.07, 6.45) is 0. The fraction of sp³-hybridized carbons (Fsp3) is 0.409. The molecule has 27 heavy (non-hydrogen) atoms. The van der Waals surface area contributed by atoms with Crippen molar-refractivity contribution in [3.63, 3.8) is 0 Å². The van der Waals surface area contributed by atoms with Crippen LogP contribution in [-0.2, 0) is 4.79 Å². The van der Waals surface area contributed by atoms with E-state index in [9.17, 15) is 4.79 Å². The van der Waals surface area contributed by atoms with E-state index in [0.29, 0.717) is 13.2 Å². The molecule has 1 aliphatic heterocycles. The van der Waals surface area contributed by atoms with Crippen molar-refractivity contribution in [1.82, 2.24) is 10.2 Å². The Morgan fingerprint density at radius 3 is 2.33 bits per heavy atom. The third-order valence-corrected chi connectivity index (χ3v) is 4.97. The van der Waals surface area contributed by atoms with E-state index in [1.54, 1.807) is 0 Å². The van der Waals surface area contributed by atoms with E-state index in [-0.39, 0.29) is 18.0 Å². The van der Waals surface area contributed by atoms with E-state index in [1.807, 2.05) is 55.5 Å². The largest absolute Gasteiger partial charge is 0.486 e. The van der Waals surface area contributed by atoms with Crippen molar-refractivity contribution in [2.24, 2.45) is 0 Å². The van der Waals surface area contributed by atoms with Crippen LogP contribution in [0.5, 0.6) is 11.5 Å². The number of likely N-dealkylation sites (N-methyl/N-ethyl adjacent to an activating group) is 1. The third kappa shape index (κ3) is 4.42. The minimum absolute atomic E-state index is 0.00675. The van der Waals surface area contributed by atoms with Gasteiger partial charge in [-0.2, -0.15) is 0 Å². The van der Waals surface area contributed by atoms with Crippen LogP contribution in [0.1, 0.15) is 44.0 Å². The molecule has 0 saturated heterocycles. The molecule has 0 saturated carbocycles. The van der Waals surface area contributed by atoms with Crippen molar-refractivity contribution >= 4 is 5.91 Å². The molecule has 0 aliphatic carbocycles. The molecule has 0 fully saturated rings. The van der Waals surface area contributed by atoms with Crippen LogP contribution in [0, 0.1) is 0 Å². The number of hydrogen-bond donors (Lipinski definition) is 1. The maximum absolute atomic E-state index is 13.2. The van der Waals surface area contributed by atoms with E-state index in [1.165, 1.54) is 0 Å². The van der Waals surface area contributed by atoms with E-state index in [2.05, 4.69) is 24.1 Å². The number of ether oxygens (including phenoxy) is 2. The van der Waals surface area contributed by atoms with Crippen LogP contribution in [0.15, 0.2) is 48.5 Å². The van der Waals surface area contributed by atoms with Crippen molar-refractivity contribution in [3.8, 4) is 11.5 Å². The first kappa shape index (κ1) is 19.2. The lowest BCUT2D eigenvalue weighted by Crippen LogP contribution is -2.41. The van der Waals surface area contributed by atoms with Gasteiger partial charge in [-0.25, -0.2) is 0 Å². The summed E-state index contributed by atoms with van der Waals surface area (Å²) in [4.78, 5) is 15.3. The number of fused-ring (bicyclic) bond motifs is 1. The Bertz CT molecular complexity index is 759. The molecule has 1 N–H and O–H groups in total. The van der Waals surface area contributed by atoms with E-state index in [0.717, 1.165) is 35.7 Å². The van der Waals surface area contributed by atoms with Crippen molar-refractivity contribution in [1.29, 1.82) is 0 Å². The zero-order chi connectivity index (χ0) is 19.2. The molecule has 2 atom stereocenters. The topological polar surface area (TPSA) is 50.8 Å². The van der Waals surface area contributed by atoms with Gasteiger partial charge in [0.15, 0.2) is 11.5 Å². The average Bonchev–Trinajstić information content (AvgIpc) is 2.72. The van der Waals surface area contributed by atoms with Gasteiger partial charge in [0.1, 0.15) is 19.3 Å². The molecule has 2 aromatic carbocycles. The average molecular weight is 368 g/mol. The molecule has 1 heterocycles. The highest BCUT2D eigenvalue weighted by molar-refractivity contribution is 5.83. The Balaban J connectivity index is 1.78. The summed E-state index contributed by atoms with van der Waals surface area (Å²) in [6.45, 7) is 8.89. The summed E-state index contributed by atoms with van der Waals surface area (Å²) in [6, 6.07) is 15.4. The number of carbonyl (C=O) groups excluding carboxylic acids is 1. The maximum Gasteiger partial charge on any atom is 0.242 e. The highest BCUT2D eigenvalue weighted by Crippen LogP contribution is 2.33. The lowest BCUT2D eigenvalue weighted by Gasteiger charge is -2.30. The zero-order valence-electron chi connectivity index (χ0n) is 16.3. The SMILES string of the molecule is CCN(CC)C(C(=O)NC(C)c1ccc2c(c1)OCCO2)c1ccccc1. The molecule has 1 amide bonds. The molecule has 0 radical (unpaired) electrons. The summed E-state index contributed by atoms with van der Waals surface area (Å²) in [5.41, 5.74) is 2.01. The van der Waals surface area contributed by atoms with Gasteiger partial charge in [0.25, 0.3) is 0 Å². The van der Waals surface area contributed by atoms with Crippen LogP contribution < -0.4 is 14.8 Å². The Kier molecular flexibility index (Phi) is 6.35. The second kappa shape index (κ2) is 8.91.